The fraction of sp³-hybridized carbons (Fsp3) is 0.290. The van der Waals surface area contributed by atoms with Crippen LogP contribution < -0.4 is 20.7 Å². The lowest BCUT2D eigenvalue weighted by atomic mass is 9.84. The van der Waals surface area contributed by atoms with Crippen molar-refractivity contribution in [2.24, 2.45) is 0 Å². The molecule has 39 heavy (non-hydrogen) atoms. The Kier molecular flexibility index (Phi) is 8.01. The van der Waals surface area contributed by atoms with Crippen LogP contribution in [0.1, 0.15) is 59.5 Å². The molecule has 1 aliphatic carbocycles. The molecule has 1 aliphatic rings. The van der Waals surface area contributed by atoms with E-state index in [1.165, 1.54) is 37.7 Å². The summed E-state index contributed by atoms with van der Waals surface area (Å²) >= 11 is 0. The lowest BCUT2D eigenvalue weighted by Crippen LogP contribution is -2.14. The van der Waals surface area contributed by atoms with Gasteiger partial charge in [0.15, 0.2) is 0 Å². The summed E-state index contributed by atoms with van der Waals surface area (Å²) in [5.41, 5.74) is 5.82. The lowest BCUT2D eigenvalue weighted by Gasteiger charge is -2.23. The summed E-state index contributed by atoms with van der Waals surface area (Å²) in [7, 11) is 3.41. The van der Waals surface area contributed by atoms with E-state index in [9.17, 15) is 4.79 Å². The molecule has 5 rings (SSSR count). The largest absolute Gasteiger partial charge is 0.495 e. The molecule has 8 heteroatoms. The zero-order valence-electron chi connectivity index (χ0n) is 22.6. The first-order valence-electron chi connectivity index (χ1n) is 13.4. The van der Waals surface area contributed by atoms with Gasteiger partial charge < -0.3 is 20.7 Å². The van der Waals surface area contributed by atoms with Crippen LogP contribution in [0.4, 0.5) is 23.1 Å². The number of carbonyl (C=O) groups excluding carboxylic acids is 1. The number of ether oxygens (including phenoxy) is 1. The third-order valence-corrected chi connectivity index (χ3v) is 7.26. The van der Waals surface area contributed by atoms with Crippen molar-refractivity contribution < 1.29 is 9.53 Å². The van der Waals surface area contributed by atoms with E-state index < -0.39 is 0 Å². The van der Waals surface area contributed by atoms with Gasteiger partial charge >= 0.3 is 0 Å². The van der Waals surface area contributed by atoms with Crippen LogP contribution in [-0.4, -0.2) is 35.0 Å². The summed E-state index contributed by atoms with van der Waals surface area (Å²) in [5.74, 6) is 2.15. The smallest absolute Gasteiger partial charge is 0.255 e. The topological polar surface area (TPSA) is 101 Å². The first kappa shape index (κ1) is 26.2. The van der Waals surface area contributed by atoms with E-state index in [1.807, 2.05) is 49.4 Å². The number of nitrogens with one attached hydrogen (secondary N) is 3. The van der Waals surface area contributed by atoms with Crippen LogP contribution in [0, 0.1) is 6.92 Å². The molecule has 3 N–H and O–H groups in total. The normalized spacial score (nSPS) is 13.5. The molecule has 1 amide bonds. The van der Waals surface area contributed by atoms with Crippen molar-refractivity contribution in [3.63, 3.8) is 0 Å². The number of nitrogens with zero attached hydrogens (tertiary/aromatic N) is 3. The Morgan fingerprint density at radius 2 is 1.79 bits per heavy atom. The first-order valence-corrected chi connectivity index (χ1v) is 13.4. The molecule has 0 unspecified atom stereocenters. The van der Waals surface area contributed by atoms with Crippen molar-refractivity contribution in [2.45, 2.75) is 44.9 Å². The van der Waals surface area contributed by atoms with E-state index in [2.05, 4.69) is 43.0 Å². The lowest BCUT2D eigenvalue weighted by molar-refractivity contribution is 0.102. The van der Waals surface area contributed by atoms with Gasteiger partial charge in [0.05, 0.1) is 18.5 Å². The minimum Gasteiger partial charge on any atom is -0.495 e. The first-order chi connectivity index (χ1) is 19.1. The van der Waals surface area contributed by atoms with Crippen molar-refractivity contribution >= 4 is 29.0 Å². The van der Waals surface area contributed by atoms with E-state index in [4.69, 9.17) is 4.74 Å². The molecule has 2 aromatic heterocycles. The molecule has 0 spiro atoms. The van der Waals surface area contributed by atoms with Crippen molar-refractivity contribution in [1.29, 1.82) is 0 Å². The van der Waals surface area contributed by atoms with Crippen molar-refractivity contribution in [3.8, 4) is 17.0 Å². The molecular weight excluding hydrogens is 488 g/mol. The van der Waals surface area contributed by atoms with Gasteiger partial charge in [0.1, 0.15) is 11.6 Å². The minimum atomic E-state index is -0.201. The van der Waals surface area contributed by atoms with Gasteiger partial charge in [0.25, 0.3) is 5.91 Å². The monoisotopic (exact) mass is 522 g/mol. The molecule has 1 saturated carbocycles. The van der Waals surface area contributed by atoms with Gasteiger partial charge in [-0.3, -0.25) is 4.79 Å². The molecule has 0 bridgehead atoms. The van der Waals surface area contributed by atoms with Crippen LogP contribution in [0.2, 0.25) is 0 Å². The van der Waals surface area contributed by atoms with E-state index in [0.29, 0.717) is 34.7 Å². The predicted octanol–water partition coefficient (Wildman–Crippen LogP) is 6.94. The van der Waals surface area contributed by atoms with Crippen LogP contribution in [-0.2, 0) is 0 Å². The predicted molar refractivity (Wildman–Crippen MR) is 156 cm³/mol. The van der Waals surface area contributed by atoms with Gasteiger partial charge in [-0.05, 0) is 79.3 Å². The Hall–Kier alpha value is -4.46. The molecule has 0 atom stereocenters. The highest BCUT2D eigenvalue weighted by Gasteiger charge is 2.19. The SMILES string of the molecule is CNc1nccc(-c2cccnc2Nc2cc(C(=O)Nc3cc(C4CCCCC4)ccc3OC)ccc2C)n1. The second-order valence-electron chi connectivity index (χ2n) is 9.82. The van der Waals surface area contributed by atoms with Gasteiger partial charge in [0.2, 0.25) is 5.95 Å². The molecule has 1 fully saturated rings. The molecule has 4 aromatic rings. The minimum absolute atomic E-state index is 0.201. The number of hydrogen-bond donors (Lipinski definition) is 3. The Labute approximate surface area is 229 Å². The quantitative estimate of drug-likeness (QED) is 0.230. The number of aromatic nitrogens is 3. The summed E-state index contributed by atoms with van der Waals surface area (Å²) in [4.78, 5) is 26.7. The number of anilines is 4. The Balaban J connectivity index is 1.40. The highest BCUT2D eigenvalue weighted by atomic mass is 16.5. The van der Waals surface area contributed by atoms with Gasteiger partial charge in [-0.25, -0.2) is 15.0 Å². The summed E-state index contributed by atoms with van der Waals surface area (Å²) in [6.07, 6.45) is 9.62. The average Bonchev–Trinajstić information content (AvgIpc) is 2.99. The fourth-order valence-corrected chi connectivity index (χ4v) is 5.07. The van der Waals surface area contributed by atoms with Gasteiger partial charge in [-0.2, -0.15) is 0 Å². The van der Waals surface area contributed by atoms with Gasteiger partial charge in [0, 0.05) is 36.3 Å². The molecule has 2 heterocycles. The van der Waals surface area contributed by atoms with Crippen molar-refractivity contribution in [1.82, 2.24) is 15.0 Å². The number of methoxy groups -OCH3 is 1. The van der Waals surface area contributed by atoms with Crippen molar-refractivity contribution in [3.05, 3.63) is 83.7 Å². The Bertz CT molecular complexity index is 1470. The summed E-state index contributed by atoms with van der Waals surface area (Å²) < 4.78 is 5.57. The van der Waals surface area contributed by atoms with Crippen LogP contribution in [0.3, 0.4) is 0 Å². The Morgan fingerprint density at radius 3 is 2.59 bits per heavy atom. The second-order valence-corrected chi connectivity index (χ2v) is 9.82. The van der Waals surface area contributed by atoms with E-state index in [1.54, 1.807) is 26.6 Å². The third-order valence-electron chi connectivity index (χ3n) is 7.26. The summed E-state index contributed by atoms with van der Waals surface area (Å²) in [5, 5.41) is 9.47. The van der Waals surface area contributed by atoms with Crippen LogP contribution in [0.25, 0.3) is 11.3 Å². The van der Waals surface area contributed by atoms with Crippen LogP contribution in [0.5, 0.6) is 5.75 Å². The number of aryl methyl sites for hydroxylation is 1. The molecule has 0 radical (unpaired) electrons. The fourth-order valence-electron chi connectivity index (χ4n) is 5.07. The highest BCUT2D eigenvalue weighted by molar-refractivity contribution is 6.06. The van der Waals surface area contributed by atoms with E-state index in [0.717, 1.165) is 22.5 Å². The number of benzene rings is 2. The summed E-state index contributed by atoms with van der Waals surface area (Å²) in [6, 6.07) is 17.4. The molecule has 0 aliphatic heterocycles. The van der Waals surface area contributed by atoms with Gasteiger partial charge in [-0.1, -0.05) is 31.4 Å². The average molecular weight is 523 g/mol. The molecule has 2 aromatic carbocycles. The van der Waals surface area contributed by atoms with Crippen LogP contribution in [0.15, 0.2) is 67.0 Å². The van der Waals surface area contributed by atoms with Gasteiger partial charge in [-0.15, -0.1) is 0 Å². The summed E-state index contributed by atoms with van der Waals surface area (Å²) in [6.45, 7) is 1.99. The zero-order valence-corrected chi connectivity index (χ0v) is 22.6. The second kappa shape index (κ2) is 11.9. The molecule has 8 nitrogen and oxygen atoms in total. The Morgan fingerprint density at radius 1 is 0.949 bits per heavy atom. The maximum atomic E-state index is 13.4. The third kappa shape index (κ3) is 6.00. The molecular formula is C31H34N6O2. The zero-order chi connectivity index (χ0) is 27.2. The number of amides is 1. The maximum absolute atomic E-state index is 13.4. The number of rotatable bonds is 8. The standard InChI is InChI=1S/C31H34N6O2/c1-20-11-12-23(30(38)36-27-18-22(13-14-28(27)39-3)21-8-5-4-6-9-21)19-26(20)35-29-24(10-7-16-33-29)25-15-17-34-31(32-2)37-25/h7,10-19,21H,4-6,8-9H2,1-3H3,(H,33,35)(H,36,38)(H,32,34,37). The van der Waals surface area contributed by atoms with Crippen LogP contribution >= 0.6 is 0 Å². The number of hydrogen-bond acceptors (Lipinski definition) is 7. The number of carbonyl (C=O) groups is 1. The van der Waals surface area contributed by atoms with E-state index in [-0.39, 0.29) is 5.91 Å². The van der Waals surface area contributed by atoms with E-state index >= 15 is 0 Å². The molecule has 0 saturated heterocycles. The highest BCUT2D eigenvalue weighted by Crippen LogP contribution is 2.37. The van der Waals surface area contributed by atoms with Crippen molar-refractivity contribution in [2.75, 3.05) is 30.1 Å². The molecule has 200 valence electrons. The maximum Gasteiger partial charge on any atom is 0.255 e. The number of pyridine rings is 1.